The summed E-state index contributed by atoms with van der Waals surface area (Å²) >= 11 is 2.90. The monoisotopic (exact) mass is 136 g/mol. The fraction of sp³-hybridized carbons (Fsp3) is 0.333. The fourth-order valence-corrected chi connectivity index (χ4v) is 0. The van der Waals surface area contributed by atoms with Crippen LogP contribution in [0.3, 0.4) is 0 Å². The Labute approximate surface area is 39.4 Å². The van der Waals surface area contributed by atoms with Crippen LogP contribution in [0.4, 0.5) is 0 Å². The summed E-state index contributed by atoms with van der Waals surface area (Å²) in [7, 11) is 0. The van der Waals surface area contributed by atoms with Gasteiger partial charge in [0.2, 0.25) is 0 Å². The minimum atomic E-state index is 0.296. The van der Waals surface area contributed by atoms with E-state index in [0.29, 0.717) is 5.76 Å². The molecule has 0 saturated heterocycles. The molecule has 0 aliphatic carbocycles. The van der Waals surface area contributed by atoms with Gasteiger partial charge in [0.25, 0.3) is 0 Å². The van der Waals surface area contributed by atoms with Crippen molar-refractivity contribution in [2.45, 2.75) is 6.92 Å². The van der Waals surface area contributed by atoms with Gasteiger partial charge < -0.3 is 5.11 Å². The van der Waals surface area contributed by atoms with Gasteiger partial charge in [0.15, 0.2) is 0 Å². The first-order chi connectivity index (χ1) is 2.27. The molecule has 0 aromatic carbocycles. The summed E-state index contributed by atoms with van der Waals surface area (Å²) in [5, 5.41) is 8.18. The summed E-state index contributed by atoms with van der Waals surface area (Å²) < 4.78 is 0. The van der Waals surface area contributed by atoms with Gasteiger partial charge in [0, 0.05) is 4.99 Å². The van der Waals surface area contributed by atoms with E-state index in [9.17, 15) is 0 Å². The van der Waals surface area contributed by atoms with E-state index in [4.69, 9.17) is 5.11 Å². The van der Waals surface area contributed by atoms with Gasteiger partial charge >= 0.3 is 0 Å². The van der Waals surface area contributed by atoms with Crippen molar-refractivity contribution in [1.29, 1.82) is 0 Å². The van der Waals surface area contributed by atoms with Crippen molar-refractivity contribution in [3.63, 3.8) is 0 Å². The molecule has 5 heavy (non-hydrogen) atoms. The maximum absolute atomic E-state index is 8.18. The third-order valence-corrected chi connectivity index (χ3v) is 0.820. The Bertz CT molecular complexity index is 44.9. The van der Waals surface area contributed by atoms with Crippen LogP contribution in [-0.2, 0) is 0 Å². The molecule has 30 valence electrons. The van der Waals surface area contributed by atoms with Gasteiger partial charge in [-0.15, -0.1) is 0 Å². The molecule has 1 nitrogen and oxygen atoms in total. The highest BCUT2D eigenvalue weighted by Crippen LogP contribution is 1.87. The van der Waals surface area contributed by atoms with E-state index in [1.807, 2.05) is 0 Å². The normalized spacial score (nSPS) is 12.0. The molecule has 0 aliphatic rings. The maximum atomic E-state index is 8.18. The molecule has 0 atom stereocenters. The van der Waals surface area contributed by atoms with Crippen molar-refractivity contribution in [2.75, 3.05) is 0 Å². The minimum absolute atomic E-state index is 0.296. The molecule has 0 amide bonds. The van der Waals surface area contributed by atoms with Crippen molar-refractivity contribution in [1.82, 2.24) is 0 Å². The third kappa shape index (κ3) is 4.02. The van der Waals surface area contributed by atoms with E-state index in [0.717, 1.165) is 0 Å². The molecule has 0 aliphatic heterocycles. The molecule has 0 aromatic rings. The number of rotatable bonds is 0. The minimum Gasteiger partial charge on any atom is -0.512 e. The second kappa shape index (κ2) is 2.27. The van der Waals surface area contributed by atoms with Crippen molar-refractivity contribution in [3.05, 3.63) is 10.7 Å². The fourth-order valence-electron chi connectivity index (χ4n) is 0. The summed E-state index contributed by atoms with van der Waals surface area (Å²) in [6.07, 6.45) is 0. The van der Waals surface area contributed by atoms with E-state index in [-0.39, 0.29) is 0 Å². The Kier molecular flexibility index (Phi) is 2.28. The lowest BCUT2D eigenvalue weighted by Crippen LogP contribution is -1.58. The van der Waals surface area contributed by atoms with Crippen molar-refractivity contribution >= 4 is 15.9 Å². The van der Waals surface area contributed by atoms with Crippen LogP contribution in [0.15, 0.2) is 10.7 Å². The van der Waals surface area contributed by atoms with Crippen LogP contribution in [0.5, 0.6) is 0 Å². The average molecular weight is 137 g/mol. The zero-order valence-corrected chi connectivity index (χ0v) is 4.49. The molecule has 2 heteroatoms. The Morgan fingerprint density at radius 3 is 2.20 bits per heavy atom. The van der Waals surface area contributed by atoms with E-state index in [1.165, 1.54) is 4.99 Å². The largest absolute Gasteiger partial charge is 0.512 e. The summed E-state index contributed by atoms with van der Waals surface area (Å²) in [5.74, 6) is 0.296. The third-order valence-electron chi connectivity index (χ3n) is 0.158. The van der Waals surface area contributed by atoms with Crippen LogP contribution in [0.25, 0.3) is 0 Å². The highest BCUT2D eigenvalue weighted by atomic mass is 79.9. The molecule has 1 N–H and O–H groups in total. The first kappa shape index (κ1) is 5.02. The first-order valence-electron chi connectivity index (χ1n) is 1.23. The van der Waals surface area contributed by atoms with Gasteiger partial charge in [-0.2, -0.15) is 0 Å². The lowest BCUT2D eigenvalue weighted by Gasteiger charge is -1.73. The molecule has 0 aromatic heterocycles. The predicted octanol–water partition coefficient (Wildman–Crippen LogP) is 1.80. The molecule has 0 spiro atoms. The lowest BCUT2D eigenvalue weighted by molar-refractivity contribution is 0.416. The maximum Gasteiger partial charge on any atom is 0.0960 e. The van der Waals surface area contributed by atoms with Gasteiger partial charge in [0.05, 0.1) is 5.76 Å². The zero-order valence-electron chi connectivity index (χ0n) is 2.90. The molecule has 0 unspecified atom stereocenters. The highest BCUT2D eigenvalue weighted by Gasteiger charge is 1.65. The Hall–Kier alpha value is 0.0200. The molecule has 0 saturated carbocycles. The quantitative estimate of drug-likeness (QED) is 0.504. The molecular formula is C3H5BrO. The summed E-state index contributed by atoms with van der Waals surface area (Å²) in [6.45, 7) is 1.59. The lowest BCUT2D eigenvalue weighted by atomic mass is 10.7. The number of aliphatic hydroxyl groups is 1. The topological polar surface area (TPSA) is 20.2 Å². The molecule has 0 heterocycles. The van der Waals surface area contributed by atoms with E-state index in [2.05, 4.69) is 15.9 Å². The Balaban J connectivity index is 3.14. The average Bonchev–Trinajstić information content (AvgIpc) is 1.38. The van der Waals surface area contributed by atoms with Gasteiger partial charge in [0.1, 0.15) is 0 Å². The highest BCUT2D eigenvalue weighted by molar-refractivity contribution is 9.11. The Morgan fingerprint density at radius 1 is 2.00 bits per heavy atom. The number of halogens is 1. The van der Waals surface area contributed by atoms with Crippen LogP contribution in [0, 0.1) is 0 Å². The van der Waals surface area contributed by atoms with Crippen LogP contribution in [0.2, 0.25) is 0 Å². The Morgan fingerprint density at radius 2 is 2.20 bits per heavy atom. The predicted molar refractivity (Wildman–Crippen MR) is 25.3 cm³/mol. The first-order valence-corrected chi connectivity index (χ1v) is 2.15. The van der Waals surface area contributed by atoms with Gasteiger partial charge in [-0.05, 0) is 6.92 Å². The van der Waals surface area contributed by atoms with Crippen LogP contribution >= 0.6 is 15.9 Å². The van der Waals surface area contributed by atoms with E-state index >= 15 is 0 Å². The van der Waals surface area contributed by atoms with Crippen molar-refractivity contribution in [2.24, 2.45) is 0 Å². The van der Waals surface area contributed by atoms with E-state index < -0.39 is 0 Å². The SMILES string of the molecule is C/C(O)=C/Br. The summed E-state index contributed by atoms with van der Waals surface area (Å²) in [4.78, 5) is 1.45. The number of hydrogen-bond acceptors (Lipinski definition) is 1. The van der Waals surface area contributed by atoms with Crippen LogP contribution < -0.4 is 0 Å². The molecule has 0 radical (unpaired) electrons. The summed E-state index contributed by atoms with van der Waals surface area (Å²) in [6, 6.07) is 0. The smallest absolute Gasteiger partial charge is 0.0960 e. The molecule has 0 fully saturated rings. The summed E-state index contributed by atoms with van der Waals surface area (Å²) in [5.41, 5.74) is 0. The van der Waals surface area contributed by atoms with Gasteiger partial charge in [-0.1, -0.05) is 15.9 Å². The van der Waals surface area contributed by atoms with Crippen molar-refractivity contribution in [3.8, 4) is 0 Å². The van der Waals surface area contributed by atoms with Crippen LogP contribution in [0.1, 0.15) is 6.92 Å². The standard InChI is InChI=1S/C3H5BrO/c1-3(5)2-4/h2,5H,1H3/b3-2-. The molecule has 0 rings (SSSR count). The van der Waals surface area contributed by atoms with Gasteiger partial charge in [-0.3, -0.25) is 0 Å². The van der Waals surface area contributed by atoms with E-state index in [1.54, 1.807) is 6.92 Å². The second-order valence-corrected chi connectivity index (χ2v) is 1.21. The molecule has 0 bridgehead atoms. The number of allylic oxidation sites excluding steroid dienone is 1. The number of hydrogen-bond donors (Lipinski definition) is 1. The van der Waals surface area contributed by atoms with Crippen molar-refractivity contribution < 1.29 is 5.11 Å². The van der Waals surface area contributed by atoms with Crippen LogP contribution in [-0.4, -0.2) is 5.11 Å². The molecular weight excluding hydrogens is 132 g/mol. The van der Waals surface area contributed by atoms with Gasteiger partial charge in [-0.25, -0.2) is 0 Å². The second-order valence-electron chi connectivity index (χ2n) is 0.750. The zero-order chi connectivity index (χ0) is 4.28. The number of aliphatic hydroxyl groups excluding tert-OH is 1.